The van der Waals surface area contributed by atoms with E-state index in [0.29, 0.717) is 12.0 Å². The molecule has 0 spiro atoms. The van der Waals surface area contributed by atoms with Gasteiger partial charge < -0.3 is 20.1 Å². The highest BCUT2D eigenvalue weighted by Gasteiger charge is 2.20. The molecule has 0 radical (unpaired) electrons. The lowest BCUT2D eigenvalue weighted by Gasteiger charge is -2.33. The highest BCUT2D eigenvalue weighted by Crippen LogP contribution is 2.20. The Labute approximate surface area is 205 Å². The van der Waals surface area contributed by atoms with E-state index >= 15 is 0 Å². The minimum atomic E-state index is 0. The second kappa shape index (κ2) is 15.0. The van der Waals surface area contributed by atoms with Gasteiger partial charge in [0.2, 0.25) is 0 Å². The van der Waals surface area contributed by atoms with Crippen LogP contribution in [0, 0.1) is 5.92 Å². The Hall–Kier alpha value is -0.900. The zero-order valence-corrected chi connectivity index (χ0v) is 21.6. The van der Waals surface area contributed by atoms with Crippen molar-refractivity contribution in [1.82, 2.24) is 15.5 Å². The summed E-state index contributed by atoms with van der Waals surface area (Å²) in [5.74, 6) is 1.58. The standard InChI is InChI=1S/C24H40N4O2.HI/c1-3-25-24(26-12-6-14-30-19-21-10-15-29-16-11-21)27-17-20(2)28-13-9-22-7-4-5-8-23(22)18-28;/h4-5,7-8,20-21H,3,6,9-19H2,1-2H3,(H2,25,26,27);1H. The molecule has 3 rings (SSSR count). The van der Waals surface area contributed by atoms with Crippen molar-refractivity contribution in [2.45, 2.75) is 52.1 Å². The van der Waals surface area contributed by atoms with Gasteiger partial charge in [-0.05, 0) is 56.6 Å². The van der Waals surface area contributed by atoms with E-state index in [1.165, 1.54) is 11.1 Å². The Morgan fingerprint density at radius 1 is 1.23 bits per heavy atom. The molecular formula is C24H41IN4O2. The van der Waals surface area contributed by atoms with Gasteiger partial charge in [0.1, 0.15) is 0 Å². The fourth-order valence-corrected chi connectivity index (χ4v) is 4.12. The molecule has 2 heterocycles. The maximum atomic E-state index is 5.86. The van der Waals surface area contributed by atoms with Gasteiger partial charge in [0.05, 0.1) is 6.54 Å². The number of ether oxygens (including phenoxy) is 2. The molecule has 0 aliphatic carbocycles. The zero-order chi connectivity index (χ0) is 21.0. The van der Waals surface area contributed by atoms with Crippen LogP contribution in [-0.4, -0.2) is 69.5 Å². The number of rotatable bonds is 10. The Morgan fingerprint density at radius 2 is 2.00 bits per heavy atom. The van der Waals surface area contributed by atoms with Crippen LogP contribution in [0.5, 0.6) is 0 Å². The van der Waals surface area contributed by atoms with Crippen LogP contribution < -0.4 is 10.6 Å². The van der Waals surface area contributed by atoms with Crippen LogP contribution in [0.15, 0.2) is 29.3 Å². The first-order chi connectivity index (χ1) is 14.8. The van der Waals surface area contributed by atoms with E-state index in [9.17, 15) is 0 Å². The number of nitrogens with one attached hydrogen (secondary N) is 2. The van der Waals surface area contributed by atoms with Gasteiger partial charge >= 0.3 is 0 Å². The number of aliphatic imine (C=N–C) groups is 1. The summed E-state index contributed by atoms with van der Waals surface area (Å²) >= 11 is 0. The Kier molecular flexibility index (Phi) is 12.8. The molecule has 1 fully saturated rings. The topological polar surface area (TPSA) is 58.1 Å². The third-order valence-corrected chi connectivity index (χ3v) is 6.09. The second-order valence-corrected chi connectivity index (χ2v) is 8.47. The van der Waals surface area contributed by atoms with Gasteiger partial charge in [-0.25, -0.2) is 0 Å². The lowest BCUT2D eigenvalue weighted by atomic mass is 9.99. The van der Waals surface area contributed by atoms with Crippen LogP contribution in [0.25, 0.3) is 0 Å². The molecule has 2 aliphatic heterocycles. The van der Waals surface area contributed by atoms with Gasteiger partial charge in [-0.2, -0.15) is 0 Å². The van der Waals surface area contributed by atoms with Crippen LogP contribution in [-0.2, 0) is 22.4 Å². The molecule has 1 aromatic rings. The highest BCUT2D eigenvalue weighted by molar-refractivity contribution is 14.0. The Morgan fingerprint density at radius 3 is 2.77 bits per heavy atom. The first-order valence-corrected chi connectivity index (χ1v) is 11.7. The number of halogens is 1. The zero-order valence-electron chi connectivity index (χ0n) is 19.3. The van der Waals surface area contributed by atoms with E-state index in [-0.39, 0.29) is 24.0 Å². The SMILES string of the molecule is CCNC(=NCC(C)N1CCc2ccccc2C1)NCCCOCC1CCOCC1.I. The van der Waals surface area contributed by atoms with Crippen LogP contribution in [0.1, 0.15) is 44.2 Å². The smallest absolute Gasteiger partial charge is 0.191 e. The number of hydrogen-bond donors (Lipinski definition) is 2. The van der Waals surface area contributed by atoms with Crippen molar-refractivity contribution >= 4 is 29.9 Å². The predicted octanol–water partition coefficient (Wildman–Crippen LogP) is 3.44. The van der Waals surface area contributed by atoms with E-state index in [0.717, 1.165) is 90.8 Å². The fraction of sp³-hybridized carbons (Fsp3) is 0.708. The summed E-state index contributed by atoms with van der Waals surface area (Å²) < 4.78 is 11.3. The number of fused-ring (bicyclic) bond motifs is 1. The van der Waals surface area contributed by atoms with E-state index < -0.39 is 0 Å². The normalized spacial score (nSPS) is 18.7. The highest BCUT2D eigenvalue weighted by atomic mass is 127. The summed E-state index contributed by atoms with van der Waals surface area (Å²) in [7, 11) is 0. The first-order valence-electron chi connectivity index (χ1n) is 11.7. The summed E-state index contributed by atoms with van der Waals surface area (Å²) in [6, 6.07) is 9.23. The van der Waals surface area contributed by atoms with Gasteiger partial charge in [-0.15, -0.1) is 24.0 Å². The molecule has 2 N–H and O–H groups in total. The lowest BCUT2D eigenvalue weighted by Crippen LogP contribution is -2.42. The summed E-state index contributed by atoms with van der Waals surface area (Å²) in [6.07, 6.45) is 4.40. The maximum absolute atomic E-state index is 5.86. The van der Waals surface area contributed by atoms with E-state index in [1.807, 2.05) is 0 Å². The molecule has 176 valence electrons. The van der Waals surface area contributed by atoms with Crippen LogP contribution in [0.2, 0.25) is 0 Å². The lowest BCUT2D eigenvalue weighted by molar-refractivity contribution is 0.0203. The van der Waals surface area contributed by atoms with Gasteiger partial charge in [-0.3, -0.25) is 9.89 Å². The van der Waals surface area contributed by atoms with Crippen molar-refractivity contribution in [2.24, 2.45) is 10.9 Å². The third-order valence-electron chi connectivity index (χ3n) is 6.09. The monoisotopic (exact) mass is 544 g/mol. The molecule has 6 nitrogen and oxygen atoms in total. The minimum absolute atomic E-state index is 0. The molecule has 0 aromatic heterocycles. The molecule has 31 heavy (non-hydrogen) atoms. The van der Waals surface area contributed by atoms with Gasteiger partial charge in [0.25, 0.3) is 0 Å². The molecule has 1 atom stereocenters. The Bertz CT molecular complexity index is 652. The molecule has 1 aromatic carbocycles. The third kappa shape index (κ3) is 9.24. The molecule has 2 aliphatic rings. The molecule has 1 unspecified atom stereocenters. The van der Waals surface area contributed by atoms with Crippen molar-refractivity contribution in [1.29, 1.82) is 0 Å². The largest absolute Gasteiger partial charge is 0.381 e. The van der Waals surface area contributed by atoms with Crippen molar-refractivity contribution in [2.75, 3.05) is 52.6 Å². The van der Waals surface area contributed by atoms with Gasteiger partial charge in [0.15, 0.2) is 5.96 Å². The van der Waals surface area contributed by atoms with E-state index in [2.05, 4.69) is 53.6 Å². The van der Waals surface area contributed by atoms with Crippen molar-refractivity contribution < 1.29 is 9.47 Å². The number of guanidine groups is 1. The Balaban J connectivity index is 0.00000341. The van der Waals surface area contributed by atoms with Crippen molar-refractivity contribution in [3.8, 4) is 0 Å². The predicted molar refractivity (Wildman–Crippen MR) is 138 cm³/mol. The van der Waals surface area contributed by atoms with Crippen LogP contribution in [0.3, 0.4) is 0 Å². The van der Waals surface area contributed by atoms with Crippen molar-refractivity contribution in [3.05, 3.63) is 35.4 Å². The summed E-state index contributed by atoms with van der Waals surface area (Å²) in [4.78, 5) is 7.38. The summed E-state index contributed by atoms with van der Waals surface area (Å²) in [6.45, 7) is 12.5. The average Bonchev–Trinajstić information content (AvgIpc) is 2.79. The molecular weight excluding hydrogens is 503 g/mol. The summed E-state index contributed by atoms with van der Waals surface area (Å²) in [5.41, 5.74) is 2.96. The summed E-state index contributed by atoms with van der Waals surface area (Å²) in [5, 5.41) is 6.82. The van der Waals surface area contributed by atoms with Crippen LogP contribution in [0.4, 0.5) is 0 Å². The number of hydrogen-bond acceptors (Lipinski definition) is 4. The molecule has 0 bridgehead atoms. The quantitative estimate of drug-likeness (QED) is 0.205. The second-order valence-electron chi connectivity index (χ2n) is 8.47. The minimum Gasteiger partial charge on any atom is -0.381 e. The van der Waals surface area contributed by atoms with Crippen molar-refractivity contribution in [3.63, 3.8) is 0 Å². The molecule has 1 saturated heterocycles. The van der Waals surface area contributed by atoms with Crippen LogP contribution >= 0.6 is 24.0 Å². The number of benzene rings is 1. The average molecular weight is 545 g/mol. The molecule has 0 amide bonds. The van der Waals surface area contributed by atoms with Gasteiger partial charge in [0, 0.05) is 58.6 Å². The van der Waals surface area contributed by atoms with E-state index in [4.69, 9.17) is 14.5 Å². The molecule has 0 saturated carbocycles. The van der Waals surface area contributed by atoms with E-state index in [1.54, 1.807) is 0 Å². The molecule has 7 heteroatoms. The fourth-order valence-electron chi connectivity index (χ4n) is 4.12. The maximum Gasteiger partial charge on any atom is 0.191 e. The first kappa shape index (κ1) is 26.4. The van der Waals surface area contributed by atoms with Gasteiger partial charge in [-0.1, -0.05) is 24.3 Å². The number of nitrogens with zero attached hydrogens (tertiary/aromatic N) is 2.